The molecular formula is C11H14Cl2N2. The van der Waals surface area contributed by atoms with E-state index in [1.165, 1.54) is 6.42 Å². The summed E-state index contributed by atoms with van der Waals surface area (Å²) in [7, 11) is 0. The highest BCUT2D eigenvalue weighted by molar-refractivity contribution is 6.32. The number of pyridine rings is 1. The van der Waals surface area contributed by atoms with Gasteiger partial charge in [0.2, 0.25) is 0 Å². The number of likely N-dealkylation sites (tertiary alicyclic amines) is 1. The van der Waals surface area contributed by atoms with Crippen molar-refractivity contribution in [2.24, 2.45) is 5.92 Å². The number of rotatable bonds is 3. The molecule has 0 amide bonds. The second-order valence-electron chi connectivity index (χ2n) is 4.03. The zero-order valence-corrected chi connectivity index (χ0v) is 10.2. The van der Waals surface area contributed by atoms with E-state index >= 15 is 0 Å². The van der Waals surface area contributed by atoms with Gasteiger partial charge in [0, 0.05) is 19.6 Å². The van der Waals surface area contributed by atoms with Crippen LogP contribution < -0.4 is 0 Å². The van der Waals surface area contributed by atoms with E-state index in [-0.39, 0.29) is 0 Å². The van der Waals surface area contributed by atoms with E-state index in [0.717, 1.165) is 31.2 Å². The smallest absolute Gasteiger partial charge is 0.129 e. The van der Waals surface area contributed by atoms with Crippen LogP contribution in [0.1, 0.15) is 19.0 Å². The van der Waals surface area contributed by atoms with E-state index in [0.29, 0.717) is 10.2 Å². The summed E-state index contributed by atoms with van der Waals surface area (Å²) in [5.74, 6) is 0.850. The van der Waals surface area contributed by atoms with E-state index in [4.69, 9.17) is 23.2 Å². The fourth-order valence-electron chi connectivity index (χ4n) is 1.84. The topological polar surface area (TPSA) is 16.1 Å². The molecule has 1 aliphatic heterocycles. The number of hydrogen-bond donors (Lipinski definition) is 0. The van der Waals surface area contributed by atoms with E-state index in [9.17, 15) is 0 Å². The second kappa shape index (κ2) is 4.69. The maximum atomic E-state index is 6.04. The Bertz CT molecular complexity index is 348. The van der Waals surface area contributed by atoms with Crippen molar-refractivity contribution in [3.63, 3.8) is 0 Å². The van der Waals surface area contributed by atoms with Gasteiger partial charge in [0.25, 0.3) is 0 Å². The molecule has 2 nitrogen and oxygen atoms in total. The number of aromatic nitrogens is 1. The Hall–Kier alpha value is -0.310. The molecule has 4 heteroatoms. The van der Waals surface area contributed by atoms with E-state index < -0.39 is 0 Å². The maximum absolute atomic E-state index is 6.04. The molecule has 1 fully saturated rings. The zero-order valence-electron chi connectivity index (χ0n) is 8.71. The zero-order chi connectivity index (χ0) is 10.8. The third kappa shape index (κ3) is 2.63. The maximum Gasteiger partial charge on any atom is 0.129 e. The van der Waals surface area contributed by atoms with Gasteiger partial charge in [-0.3, -0.25) is 4.90 Å². The van der Waals surface area contributed by atoms with Gasteiger partial charge in [-0.1, -0.05) is 36.5 Å². The lowest BCUT2D eigenvalue weighted by molar-refractivity contribution is 0.0885. The molecule has 1 aromatic heterocycles. The Kier molecular flexibility index (Phi) is 3.49. The van der Waals surface area contributed by atoms with Crippen molar-refractivity contribution >= 4 is 23.2 Å². The molecule has 0 spiro atoms. The van der Waals surface area contributed by atoms with Gasteiger partial charge in [-0.25, -0.2) is 4.98 Å². The van der Waals surface area contributed by atoms with Gasteiger partial charge in [0.05, 0.1) is 10.7 Å². The van der Waals surface area contributed by atoms with Gasteiger partial charge < -0.3 is 0 Å². The summed E-state index contributed by atoms with van der Waals surface area (Å²) in [6.07, 6.45) is 1.26. The summed E-state index contributed by atoms with van der Waals surface area (Å²) in [6.45, 7) is 5.35. The summed E-state index contributed by atoms with van der Waals surface area (Å²) in [5, 5.41) is 1.22. The van der Waals surface area contributed by atoms with Crippen LogP contribution in [0.3, 0.4) is 0 Å². The van der Waals surface area contributed by atoms with Crippen molar-refractivity contribution in [1.29, 1.82) is 0 Å². The SMILES string of the molecule is CCC1CN(Cc2nc(Cl)ccc2Cl)C1. The molecule has 2 heterocycles. The van der Waals surface area contributed by atoms with E-state index in [2.05, 4.69) is 16.8 Å². The predicted octanol–water partition coefficient (Wildman–Crippen LogP) is 3.23. The van der Waals surface area contributed by atoms with Gasteiger partial charge in [-0.2, -0.15) is 0 Å². The first-order valence-electron chi connectivity index (χ1n) is 5.22. The first-order chi connectivity index (χ1) is 7.19. The second-order valence-corrected chi connectivity index (χ2v) is 4.83. The highest BCUT2D eigenvalue weighted by Gasteiger charge is 2.25. The Balaban J connectivity index is 1.97. The molecule has 0 radical (unpaired) electrons. The Labute approximate surface area is 100 Å². The van der Waals surface area contributed by atoms with Crippen molar-refractivity contribution < 1.29 is 0 Å². The minimum absolute atomic E-state index is 0.516. The summed E-state index contributed by atoms with van der Waals surface area (Å²) in [4.78, 5) is 6.58. The largest absolute Gasteiger partial charge is 0.297 e. The van der Waals surface area contributed by atoms with Crippen molar-refractivity contribution in [3.8, 4) is 0 Å². The molecule has 0 unspecified atom stereocenters. The van der Waals surface area contributed by atoms with Crippen molar-refractivity contribution in [3.05, 3.63) is 28.0 Å². The fraction of sp³-hybridized carbons (Fsp3) is 0.545. The predicted molar refractivity (Wildman–Crippen MR) is 63.3 cm³/mol. The van der Waals surface area contributed by atoms with Crippen LogP contribution in [0.2, 0.25) is 10.2 Å². The van der Waals surface area contributed by atoms with Crippen LogP contribution in [0, 0.1) is 5.92 Å². The van der Waals surface area contributed by atoms with Crippen LogP contribution in [0.5, 0.6) is 0 Å². The average molecular weight is 245 g/mol. The molecule has 0 atom stereocenters. The summed E-state index contributed by atoms with van der Waals surface area (Å²) >= 11 is 11.9. The number of nitrogens with zero attached hydrogens (tertiary/aromatic N) is 2. The lowest BCUT2D eigenvalue weighted by Crippen LogP contribution is -2.45. The van der Waals surface area contributed by atoms with Crippen LogP contribution in [0.15, 0.2) is 12.1 Å². The highest BCUT2D eigenvalue weighted by atomic mass is 35.5. The molecule has 1 aromatic rings. The van der Waals surface area contributed by atoms with Gasteiger partial charge >= 0.3 is 0 Å². The standard InChI is InChI=1S/C11H14Cl2N2/c1-2-8-5-15(6-8)7-10-9(12)3-4-11(13)14-10/h3-4,8H,2,5-7H2,1H3. The average Bonchev–Trinajstić information content (AvgIpc) is 2.16. The van der Waals surface area contributed by atoms with Gasteiger partial charge in [-0.15, -0.1) is 0 Å². The molecule has 0 bridgehead atoms. The van der Waals surface area contributed by atoms with Crippen molar-refractivity contribution in [2.45, 2.75) is 19.9 Å². The molecule has 1 saturated heterocycles. The molecule has 0 N–H and O–H groups in total. The number of halogens is 2. The van der Waals surface area contributed by atoms with Gasteiger partial charge in [-0.05, 0) is 18.1 Å². The third-order valence-corrected chi connectivity index (χ3v) is 3.42. The van der Waals surface area contributed by atoms with Gasteiger partial charge in [0.1, 0.15) is 5.15 Å². The first-order valence-corrected chi connectivity index (χ1v) is 5.98. The Morgan fingerprint density at radius 3 is 2.80 bits per heavy atom. The van der Waals surface area contributed by atoms with Crippen LogP contribution in [0.4, 0.5) is 0 Å². The van der Waals surface area contributed by atoms with Crippen LogP contribution in [-0.4, -0.2) is 23.0 Å². The lowest BCUT2D eigenvalue weighted by Gasteiger charge is -2.38. The lowest BCUT2D eigenvalue weighted by atomic mass is 9.97. The molecule has 82 valence electrons. The summed E-state index contributed by atoms with van der Waals surface area (Å²) < 4.78 is 0. The number of hydrogen-bond acceptors (Lipinski definition) is 2. The monoisotopic (exact) mass is 244 g/mol. The Morgan fingerprint density at radius 1 is 1.40 bits per heavy atom. The van der Waals surface area contributed by atoms with E-state index in [1.54, 1.807) is 6.07 Å². The normalized spacial score (nSPS) is 17.8. The van der Waals surface area contributed by atoms with Crippen LogP contribution in [0.25, 0.3) is 0 Å². The quantitative estimate of drug-likeness (QED) is 0.760. The fourth-order valence-corrected chi connectivity index (χ4v) is 2.17. The minimum Gasteiger partial charge on any atom is -0.297 e. The van der Waals surface area contributed by atoms with Crippen molar-refractivity contribution in [2.75, 3.05) is 13.1 Å². The molecule has 0 aliphatic carbocycles. The minimum atomic E-state index is 0.516. The highest BCUT2D eigenvalue weighted by Crippen LogP contribution is 2.24. The molecule has 0 saturated carbocycles. The molecule has 1 aliphatic rings. The molecule has 0 aromatic carbocycles. The summed E-state index contributed by atoms with van der Waals surface area (Å²) in [6, 6.07) is 3.53. The molecule has 15 heavy (non-hydrogen) atoms. The van der Waals surface area contributed by atoms with E-state index in [1.807, 2.05) is 6.07 Å². The van der Waals surface area contributed by atoms with Crippen molar-refractivity contribution in [1.82, 2.24) is 9.88 Å². The van der Waals surface area contributed by atoms with Gasteiger partial charge in [0.15, 0.2) is 0 Å². The molecular weight excluding hydrogens is 231 g/mol. The van der Waals surface area contributed by atoms with Crippen LogP contribution in [-0.2, 0) is 6.54 Å². The summed E-state index contributed by atoms with van der Waals surface area (Å²) in [5.41, 5.74) is 0.888. The molecule has 2 rings (SSSR count). The Morgan fingerprint density at radius 2 is 2.13 bits per heavy atom. The first kappa shape index (κ1) is 11.2. The third-order valence-electron chi connectivity index (χ3n) is 2.87. The van der Waals surface area contributed by atoms with Crippen LogP contribution >= 0.6 is 23.2 Å².